The zero-order chi connectivity index (χ0) is 22.4. The molecule has 2 aromatic carbocycles. The van der Waals surface area contributed by atoms with E-state index in [1.165, 1.54) is 0 Å². The van der Waals surface area contributed by atoms with Crippen LogP contribution in [0.5, 0.6) is 0 Å². The molecular formula is C25H23ClN4O2. The Bertz CT molecular complexity index is 1230. The first kappa shape index (κ1) is 20.7. The molecule has 32 heavy (non-hydrogen) atoms. The average Bonchev–Trinajstić information content (AvgIpc) is 3.16. The molecule has 3 aromatic rings. The fraction of sp³-hybridized carbons (Fsp3) is 0.240. The molecule has 0 spiro atoms. The van der Waals surface area contributed by atoms with Crippen molar-refractivity contribution in [3.05, 3.63) is 76.1 Å². The highest BCUT2D eigenvalue weighted by Crippen LogP contribution is 2.41. The van der Waals surface area contributed by atoms with Gasteiger partial charge in [-0.2, -0.15) is 0 Å². The van der Waals surface area contributed by atoms with Gasteiger partial charge in [0.2, 0.25) is 5.91 Å². The number of pyridine rings is 1. The Kier molecular flexibility index (Phi) is 5.19. The van der Waals surface area contributed by atoms with E-state index >= 15 is 0 Å². The summed E-state index contributed by atoms with van der Waals surface area (Å²) in [7, 11) is 2.07. The molecule has 0 radical (unpaired) electrons. The summed E-state index contributed by atoms with van der Waals surface area (Å²) in [5, 5.41) is 0.410. The first-order chi connectivity index (χ1) is 15.4. The number of rotatable bonds is 3. The molecule has 2 aliphatic rings. The van der Waals surface area contributed by atoms with Crippen LogP contribution in [-0.2, 0) is 6.42 Å². The molecule has 0 saturated carbocycles. The zero-order valence-electron chi connectivity index (χ0n) is 17.8. The minimum absolute atomic E-state index is 0.0555. The Morgan fingerprint density at radius 2 is 1.75 bits per heavy atom. The third kappa shape index (κ3) is 3.66. The van der Waals surface area contributed by atoms with Crippen LogP contribution in [0.3, 0.4) is 0 Å². The molecule has 2 N–H and O–H groups in total. The van der Waals surface area contributed by atoms with Crippen molar-refractivity contribution in [2.45, 2.75) is 6.42 Å². The van der Waals surface area contributed by atoms with Gasteiger partial charge in [-0.1, -0.05) is 17.7 Å². The van der Waals surface area contributed by atoms with Crippen molar-refractivity contribution in [3.8, 4) is 22.3 Å². The van der Waals surface area contributed by atoms with Crippen LogP contribution in [0, 0.1) is 0 Å². The van der Waals surface area contributed by atoms with Gasteiger partial charge in [0.05, 0.1) is 0 Å². The van der Waals surface area contributed by atoms with E-state index in [2.05, 4.69) is 23.0 Å². The molecule has 1 aliphatic heterocycles. The van der Waals surface area contributed by atoms with Crippen molar-refractivity contribution < 1.29 is 9.59 Å². The maximum absolute atomic E-state index is 13.0. The van der Waals surface area contributed by atoms with Crippen LogP contribution in [0.25, 0.3) is 22.3 Å². The van der Waals surface area contributed by atoms with E-state index < -0.39 is 5.91 Å². The second kappa shape index (κ2) is 8.04. The Hall–Kier alpha value is -3.22. The Labute approximate surface area is 191 Å². The van der Waals surface area contributed by atoms with Gasteiger partial charge in [-0.05, 0) is 77.7 Å². The normalized spacial score (nSPS) is 15.4. The minimum Gasteiger partial charge on any atom is -0.366 e. The first-order valence-corrected chi connectivity index (χ1v) is 11.0. The number of likely N-dealkylation sites (N-methyl/N-ethyl adjacent to an activating group) is 1. The van der Waals surface area contributed by atoms with Crippen LogP contribution in [-0.4, -0.2) is 59.8 Å². The number of benzene rings is 2. The first-order valence-electron chi connectivity index (χ1n) is 10.6. The fourth-order valence-electron chi connectivity index (χ4n) is 4.55. The van der Waals surface area contributed by atoms with E-state index in [1.807, 2.05) is 35.2 Å². The van der Waals surface area contributed by atoms with Crippen molar-refractivity contribution in [2.75, 3.05) is 33.2 Å². The van der Waals surface area contributed by atoms with Crippen LogP contribution in [0.2, 0.25) is 5.15 Å². The van der Waals surface area contributed by atoms with Crippen molar-refractivity contribution >= 4 is 23.4 Å². The van der Waals surface area contributed by atoms with E-state index in [0.717, 1.165) is 59.6 Å². The summed E-state index contributed by atoms with van der Waals surface area (Å²) in [4.78, 5) is 33.6. The number of hydrogen-bond acceptors (Lipinski definition) is 4. The minimum atomic E-state index is -0.466. The number of aromatic nitrogens is 1. The summed E-state index contributed by atoms with van der Waals surface area (Å²) in [6.45, 7) is 3.23. The van der Waals surface area contributed by atoms with Gasteiger partial charge in [-0.3, -0.25) is 9.59 Å². The van der Waals surface area contributed by atoms with Gasteiger partial charge >= 0.3 is 0 Å². The van der Waals surface area contributed by atoms with E-state index in [1.54, 1.807) is 12.3 Å². The smallest absolute Gasteiger partial charge is 0.253 e. The number of halogens is 1. The Balaban J connectivity index is 1.52. The van der Waals surface area contributed by atoms with Crippen molar-refractivity contribution in [2.24, 2.45) is 5.73 Å². The number of primary amides is 1. The van der Waals surface area contributed by atoms with Gasteiger partial charge in [0.15, 0.2) is 0 Å². The van der Waals surface area contributed by atoms with Gasteiger partial charge < -0.3 is 15.5 Å². The number of amides is 2. The molecule has 1 aromatic heterocycles. The zero-order valence-corrected chi connectivity index (χ0v) is 18.5. The molecule has 6 nitrogen and oxygen atoms in total. The number of nitrogens with zero attached hydrogens (tertiary/aromatic N) is 3. The van der Waals surface area contributed by atoms with Gasteiger partial charge in [0, 0.05) is 49.1 Å². The summed E-state index contributed by atoms with van der Waals surface area (Å²) in [5.41, 5.74) is 12.6. The standard InChI is InChI=1S/C25H23ClN4O2/c1-29-6-8-30(9-7-29)25(32)15-2-4-19-18(10-15)13-21-20(19)11-17(12-22(21)24(27)31)16-3-5-23(26)28-14-16/h2-5,10-12,14H,6-9,13H2,1H3,(H2,27,31). The summed E-state index contributed by atoms with van der Waals surface area (Å²) in [6.07, 6.45) is 2.26. The molecular weight excluding hydrogens is 424 g/mol. The second-order valence-electron chi connectivity index (χ2n) is 8.43. The summed E-state index contributed by atoms with van der Waals surface area (Å²) in [5.74, 6) is -0.411. The lowest BCUT2D eigenvalue weighted by Gasteiger charge is -2.32. The fourth-order valence-corrected chi connectivity index (χ4v) is 4.67. The highest BCUT2D eigenvalue weighted by Gasteiger charge is 2.27. The van der Waals surface area contributed by atoms with Crippen LogP contribution in [0.4, 0.5) is 0 Å². The van der Waals surface area contributed by atoms with Gasteiger partial charge in [0.1, 0.15) is 5.15 Å². The highest BCUT2D eigenvalue weighted by molar-refractivity contribution is 6.29. The molecule has 0 unspecified atom stereocenters. The highest BCUT2D eigenvalue weighted by atomic mass is 35.5. The molecule has 7 heteroatoms. The SMILES string of the molecule is CN1CCN(C(=O)c2ccc3c(c2)Cc2c(C(N)=O)cc(-c4ccc(Cl)nc4)cc2-3)CC1. The molecule has 2 heterocycles. The van der Waals surface area contributed by atoms with Gasteiger partial charge in [0.25, 0.3) is 5.91 Å². The van der Waals surface area contributed by atoms with Crippen molar-refractivity contribution in [3.63, 3.8) is 0 Å². The summed E-state index contributed by atoms with van der Waals surface area (Å²) >= 11 is 5.93. The number of hydrogen-bond donors (Lipinski definition) is 1. The quantitative estimate of drug-likeness (QED) is 0.489. The van der Waals surface area contributed by atoms with E-state index in [9.17, 15) is 9.59 Å². The maximum atomic E-state index is 13.0. The lowest BCUT2D eigenvalue weighted by atomic mass is 9.94. The van der Waals surface area contributed by atoms with Gasteiger partial charge in [-0.15, -0.1) is 0 Å². The van der Waals surface area contributed by atoms with E-state index in [4.69, 9.17) is 17.3 Å². The predicted octanol–water partition coefficient (Wildman–Crippen LogP) is 3.46. The van der Waals surface area contributed by atoms with Crippen LogP contribution in [0.15, 0.2) is 48.7 Å². The molecule has 0 bridgehead atoms. The van der Waals surface area contributed by atoms with Crippen molar-refractivity contribution in [1.29, 1.82) is 0 Å². The van der Waals surface area contributed by atoms with Crippen LogP contribution >= 0.6 is 11.6 Å². The molecule has 1 aliphatic carbocycles. The number of piperazine rings is 1. The largest absolute Gasteiger partial charge is 0.366 e. The van der Waals surface area contributed by atoms with Crippen molar-refractivity contribution in [1.82, 2.24) is 14.8 Å². The summed E-state index contributed by atoms with van der Waals surface area (Å²) < 4.78 is 0. The van der Waals surface area contributed by atoms with E-state index in [-0.39, 0.29) is 5.91 Å². The Morgan fingerprint density at radius 3 is 2.44 bits per heavy atom. The maximum Gasteiger partial charge on any atom is 0.253 e. The molecule has 5 rings (SSSR count). The number of nitrogens with two attached hydrogens (primary N) is 1. The van der Waals surface area contributed by atoms with Crippen LogP contribution in [0.1, 0.15) is 31.8 Å². The molecule has 1 saturated heterocycles. The third-order valence-electron chi connectivity index (χ3n) is 6.38. The van der Waals surface area contributed by atoms with E-state index in [0.29, 0.717) is 22.7 Å². The third-order valence-corrected chi connectivity index (χ3v) is 6.60. The predicted molar refractivity (Wildman–Crippen MR) is 125 cm³/mol. The van der Waals surface area contributed by atoms with Crippen LogP contribution < -0.4 is 5.73 Å². The summed E-state index contributed by atoms with van der Waals surface area (Å²) in [6, 6.07) is 13.3. The molecule has 0 atom stereocenters. The second-order valence-corrected chi connectivity index (χ2v) is 8.82. The van der Waals surface area contributed by atoms with Gasteiger partial charge in [-0.25, -0.2) is 4.98 Å². The molecule has 1 fully saturated rings. The number of carbonyl (C=O) groups is 2. The lowest BCUT2D eigenvalue weighted by Crippen LogP contribution is -2.47. The average molecular weight is 447 g/mol. The Morgan fingerprint density at radius 1 is 0.969 bits per heavy atom. The molecule has 2 amide bonds. The topological polar surface area (TPSA) is 79.5 Å². The number of fused-ring (bicyclic) bond motifs is 3. The molecule has 162 valence electrons. The monoisotopic (exact) mass is 446 g/mol. The lowest BCUT2D eigenvalue weighted by molar-refractivity contribution is 0.0664. The number of carbonyl (C=O) groups excluding carboxylic acids is 2.